The van der Waals surface area contributed by atoms with Crippen molar-refractivity contribution in [3.05, 3.63) is 92.8 Å². The van der Waals surface area contributed by atoms with E-state index in [1.165, 1.54) is 4.90 Å². The van der Waals surface area contributed by atoms with Crippen molar-refractivity contribution < 1.29 is 23.9 Å². The number of ether oxygens (including phenoxy) is 2. The first-order valence-electron chi connectivity index (χ1n) is 12.9. The fourth-order valence-electron chi connectivity index (χ4n) is 4.15. The van der Waals surface area contributed by atoms with Crippen molar-refractivity contribution in [1.82, 2.24) is 4.90 Å². The van der Waals surface area contributed by atoms with E-state index in [1.807, 2.05) is 50.2 Å². The van der Waals surface area contributed by atoms with Crippen LogP contribution in [0.3, 0.4) is 0 Å². The third kappa shape index (κ3) is 7.46. The lowest BCUT2D eigenvalue weighted by molar-refractivity contribution is -0.123. The van der Waals surface area contributed by atoms with Crippen molar-refractivity contribution in [2.75, 3.05) is 25.1 Å². The summed E-state index contributed by atoms with van der Waals surface area (Å²) in [5.74, 6) is 0.638. The van der Waals surface area contributed by atoms with E-state index in [-0.39, 0.29) is 41.7 Å². The third-order valence-electron chi connectivity index (χ3n) is 6.16. The molecule has 1 N–H and O–H groups in total. The molecule has 0 radical (unpaired) electrons. The molecule has 0 bridgehead atoms. The minimum atomic E-state index is -0.421. The van der Waals surface area contributed by atoms with Gasteiger partial charge in [-0.15, -0.1) is 0 Å². The summed E-state index contributed by atoms with van der Waals surface area (Å²) in [6, 6.07) is 18.4. The Labute approximate surface area is 243 Å². The van der Waals surface area contributed by atoms with E-state index >= 15 is 0 Å². The number of nitrogens with one attached hydrogen (secondary N) is 1. The van der Waals surface area contributed by atoms with Gasteiger partial charge in [0.25, 0.3) is 17.1 Å². The molecule has 40 heavy (non-hydrogen) atoms. The summed E-state index contributed by atoms with van der Waals surface area (Å²) in [6.07, 6.45) is 1.56. The average Bonchev–Trinajstić information content (AvgIpc) is 3.15. The van der Waals surface area contributed by atoms with Gasteiger partial charge >= 0.3 is 0 Å². The first-order chi connectivity index (χ1) is 19.1. The van der Waals surface area contributed by atoms with E-state index in [1.54, 1.807) is 30.3 Å². The van der Waals surface area contributed by atoms with Crippen LogP contribution in [0, 0.1) is 13.8 Å². The highest BCUT2D eigenvalue weighted by Gasteiger charge is 2.35. The molecule has 0 unspecified atom stereocenters. The van der Waals surface area contributed by atoms with Crippen LogP contribution >= 0.6 is 23.4 Å². The summed E-state index contributed by atoms with van der Waals surface area (Å²) < 4.78 is 11.7. The number of aryl methyl sites for hydroxylation is 2. The summed E-state index contributed by atoms with van der Waals surface area (Å²) >= 11 is 7.04. The van der Waals surface area contributed by atoms with Crippen LogP contribution in [0.4, 0.5) is 10.5 Å². The van der Waals surface area contributed by atoms with Crippen LogP contribution in [-0.4, -0.2) is 41.7 Å². The van der Waals surface area contributed by atoms with Gasteiger partial charge < -0.3 is 14.8 Å². The zero-order valence-corrected chi connectivity index (χ0v) is 24.4. The van der Waals surface area contributed by atoms with E-state index in [0.717, 1.165) is 34.2 Å². The lowest BCUT2D eigenvalue weighted by atomic mass is 10.0. The number of hydrogen-bond acceptors (Lipinski definition) is 6. The van der Waals surface area contributed by atoms with Crippen LogP contribution in [0.25, 0.3) is 6.08 Å². The van der Waals surface area contributed by atoms with E-state index in [4.69, 9.17) is 21.1 Å². The smallest absolute Gasteiger partial charge is 0.293 e. The van der Waals surface area contributed by atoms with Gasteiger partial charge in [0, 0.05) is 16.3 Å². The number of carbonyl (C=O) groups is 3. The first-order valence-corrected chi connectivity index (χ1v) is 14.1. The molecule has 1 saturated heterocycles. The molecule has 3 aromatic carbocycles. The van der Waals surface area contributed by atoms with Crippen molar-refractivity contribution in [3.8, 4) is 11.5 Å². The van der Waals surface area contributed by atoms with Gasteiger partial charge in [-0.05, 0) is 90.7 Å². The molecule has 4 rings (SSSR count). The molecule has 1 fully saturated rings. The highest BCUT2D eigenvalue weighted by atomic mass is 35.5. The topological polar surface area (TPSA) is 84.9 Å². The number of benzene rings is 3. The standard InChI is InChI=1S/C31H31ClN2O5S/c1-19(2)25-10-8-21(4)15-27(25)38-13-12-34-30(36)28(40-31(34)37)17-22-16-23(32)9-11-26(22)39-18-29(35)33-24-7-5-6-20(3)14-24/h5-11,14-17,19H,12-13,18H2,1-4H3,(H,33,35)/b28-17-. The molecular weight excluding hydrogens is 548 g/mol. The molecule has 3 amide bonds. The number of halogens is 1. The van der Waals surface area contributed by atoms with Gasteiger partial charge in [0.05, 0.1) is 11.4 Å². The van der Waals surface area contributed by atoms with Gasteiger partial charge in [-0.1, -0.05) is 49.7 Å². The molecule has 9 heteroatoms. The summed E-state index contributed by atoms with van der Waals surface area (Å²) in [4.78, 5) is 39.6. The summed E-state index contributed by atoms with van der Waals surface area (Å²) in [6.45, 7) is 8.15. The van der Waals surface area contributed by atoms with Gasteiger partial charge in [0.1, 0.15) is 18.1 Å². The second-order valence-electron chi connectivity index (χ2n) is 9.77. The molecule has 1 aliphatic rings. The van der Waals surface area contributed by atoms with Crippen LogP contribution in [0.5, 0.6) is 11.5 Å². The lowest BCUT2D eigenvalue weighted by Gasteiger charge is -2.17. The number of carbonyl (C=O) groups excluding carboxylic acids is 3. The monoisotopic (exact) mass is 578 g/mol. The van der Waals surface area contributed by atoms with Gasteiger partial charge in [0.15, 0.2) is 6.61 Å². The quantitative estimate of drug-likeness (QED) is 0.256. The maximum absolute atomic E-state index is 13.1. The van der Waals surface area contributed by atoms with Crippen LogP contribution < -0.4 is 14.8 Å². The largest absolute Gasteiger partial charge is 0.491 e. The Hall–Kier alpha value is -3.75. The normalized spacial score (nSPS) is 14.2. The SMILES string of the molecule is Cc1cccc(NC(=O)COc2ccc(Cl)cc2/C=C2\SC(=O)N(CCOc3cc(C)ccc3C(C)C)C2=O)c1. The van der Waals surface area contributed by atoms with E-state index < -0.39 is 5.91 Å². The van der Waals surface area contributed by atoms with Crippen LogP contribution in [0.2, 0.25) is 5.02 Å². The molecule has 0 aliphatic carbocycles. The molecule has 7 nitrogen and oxygen atoms in total. The molecule has 0 saturated carbocycles. The van der Waals surface area contributed by atoms with E-state index in [9.17, 15) is 14.4 Å². The van der Waals surface area contributed by atoms with E-state index in [0.29, 0.717) is 22.0 Å². The first kappa shape index (κ1) is 29.2. The van der Waals surface area contributed by atoms with Gasteiger partial charge in [0.2, 0.25) is 0 Å². The Kier molecular flexibility index (Phi) is 9.55. The Balaban J connectivity index is 1.41. The average molecular weight is 579 g/mol. The zero-order valence-electron chi connectivity index (χ0n) is 22.8. The van der Waals surface area contributed by atoms with Crippen molar-refractivity contribution >= 4 is 52.2 Å². The predicted octanol–water partition coefficient (Wildman–Crippen LogP) is 7.21. The molecule has 0 spiro atoms. The second kappa shape index (κ2) is 13.1. The van der Waals surface area contributed by atoms with Crippen LogP contribution in [0.15, 0.2) is 65.6 Å². The fourth-order valence-corrected chi connectivity index (χ4v) is 5.19. The molecule has 208 valence electrons. The van der Waals surface area contributed by atoms with Gasteiger partial charge in [-0.25, -0.2) is 0 Å². The van der Waals surface area contributed by atoms with Crippen LogP contribution in [0.1, 0.15) is 42.0 Å². The summed E-state index contributed by atoms with van der Waals surface area (Å²) in [5, 5.41) is 2.84. The molecule has 1 aliphatic heterocycles. The Morgan fingerprint density at radius 2 is 1.77 bits per heavy atom. The minimum absolute atomic E-state index is 0.117. The zero-order chi connectivity index (χ0) is 28.8. The number of nitrogens with zero attached hydrogens (tertiary/aromatic N) is 1. The number of thioether (sulfide) groups is 1. The highest BCUT2D eigenvalue weighted by Crippen LogP contribution is 2.35. The van der Waals surface area contributed by atoms with Gasteiger partial charge in [-0.3, -0.25) is 19.3 Å². The Morgan fingerprint density at radius 3 is 2.52 bits per heavy atom. The Bertz CT molecular complexity index is 1470. The number of hydrogen-bond donors (Lipinski definition) is 1. The fraction of sp³-hybridized carbons (Fsp3) is 0.258. The number of anilines is 1. The van der Waals surface area contributed by atoms with E-state index in [2.05, 4.69) is 19.2 Å². The predicted molar refractivity (Wildman–Crippen MR) is 160 cm³/mol. The lowest BCUT2D eigenvalue weighted by Crippen LogP contribution is -2.32. The summed E-state index contributed by atoms with van der Waals surface area (Å²) in [5.41, 5.74) is 4.32. The van der Waals surface area contributed by atoms with Crippen molar-refractivity contribution in [2.45, 2.75) is 33.6 Å². The third-order valence-corrected chi connectivity index (χ3v) is 7.30. The highest BCUT2D eigenvalue weighted by molar-refractivity contribution is 8.18. The van der Waals surface area contributed by atoms with Gasteiger partial charge in [-0.2, -0.15) is 0 Å². The molecule has 0 aromatic heterocycles. The van der Waals surface area contributed by atoms with Crippen molar-refractivity contribution in [1.29, 1.82) is 0 Å². The molecule has 0 atom stereocenters. The van der Waals surface area contributed by atoms with Crippen molar-refractivity contribution in [2.24, 2.45) is 0 Å². The Morgan fingerprint density at radius 1 is 1.00 bits per heavy atom. The van der Waals surface area contributed by atoms with Crippen LogP contribution in [-0.2, 0) is 9.59 Å². The maximum Gasteiger partial charge on any atom is 0.293 e. The molecule has 3 aromatic rings. The second-order valence-corrected chi connectivity index (χ2v) is 11.2. The number of imide groups is 1. The molecular formula is C31H31ClN2O5S. The van der Waals surface area contributed by atoms with Crippen molar-refractivity contribution in [3.63, 3.8) is 0 Å². The number of rotatable bonds is 10. The number of amides is 3. The minimum Gasteiger partial charge on any atom is -0.491 e. The molecule has 1 heterocycles. The maximum atomic E-state index is 13.1. The summed E-state index contributed by atoms with van der Waals surface area (Å²) in [7, 11) is 0.